The minimum absolute atomic E-state index is 0.0129. The van der Waals surface area contributed by atoms with Gasteiger partial charge in [0.1, 0.15) is 12.2 Å². The number of fused-ring (bicyclic) bond motifs is 1. The van der Waals surface area contributed by atoms with Crippen molar-refractivity contribution in [3.8, 4) is 0 Å². The van der Waals surface area contributed by atoms with Crippen LogP contribution in [0.3, 0.4) is 0 Å². The van der Waals surface area contributed by atoms with Crippen LogP contribution in [0.15, 0.2) is 11.1 Å². The Morgan fingerprint density at radius 2 is 2.29 bits per heavy atom. The quantitative estimate of drug-likeness (QED) is 0.187. The Balaban J connectivity index is 2.07. The molecule has 2 aromatic rings. The Morgan fingerprint density at radius 3 is 2.96 bits per heavy atom. The minimum atomic E-state index is -1.93. The van der Waals surface area contributed by atoms with Crippen LogP contribution in [0.1, 0.15) is 6.92 Å². The van der Waals surface area contributed by atoms with Crippen LogP contribution >= 0.6 is 20.8 Å². The summed E-state index contributed by atoms with van der Waals surface area (Å²) in [6, 6.07) is 0. The monoisotopic (exact) mass is 435 g/mol. The van der Waals surface area contributed by atoms with Gasteiger partial charge in [0.05, 0.1) is 19.5 Å². The number of aliphatic hydroxyl groups is 2. The van der Waals surface area contributed by atoms with Gasteiger partial charge in [-0.1, -0.05) is 11.8 Å². The molecule has 0 bridgehead atoms. The molecule has 0 aliphatic heterocycles. The van der Waals surface area contributed by atoms with Crippen LogP contribution in [0.2, 0.25) is 0 Å². The molecule has 2 rings (SSSR count). The Labute approximate surface area is 165 Å². The second kappa shape index (κ2) is 10.3. The number of imidazole rings is 1. The first-order valence-electron chi connectivity index (χ1n) is 8.03. The van der Waals surface area contributed by atoms with E-state index in [1.807, 2.05) is 0 Å². The lowest BCUT2D eigenvalue weighted by molar-refractivity contribution is -0.172. The number of H-pyrrole nitrogens is 1. The van der Waals surface area contributed by atoms with Crippen molar-refractivity contribution in [3.63, 3.8) is 0 Å². The number of nitrogens with one attached hydrogen (secondary N) is 1. The van der Waals surface area contributed by atoms with Crippen LogP contribution < -0.4 is 11.3 Å². The Kier molecular flexibility index (Phi) is 8.31. The maximum Gasteiger partial charge on any atom is 0.280 e. The highest BCUT2D eigenvalue weighted by Crippen LogP contribution is 2.26. The lowest BCUT2D eigenvalue weighted by atomic mass is 10.0. The second-order valence-electron chi connectivity index (χ2n) is 5.76. The number of methoxy groups -OCH3 is 1. The zero-order valence-corrected chi connectivity index (χ0v) is 17.0. The highest BCUT2D eigenvalue weighted by Gasteiger charge is 2.40. The predicted molar refractivity (Wildman–Crippen MR) is 105 cm³/mol. The van der Waals surface area contributed by atoms with Crippen molar-refractivity contribution in [1.82, 2.24) is 19.5 Å². The van der Waals surface area contributed by atoms with Gasteiger partial charge in [-0.2, -0.15) is 4.98 Å². The molecule has 0 spiro atoms. The summed E-state index contributed by atoms with van der Waals surface area (Å²) < 4.78 is 16.9. The van der Waals surface area contributed by atoms with E-state index in [2.05, 4.69) is 15.0 Å². The van der Waals surface area contributed by atoms with E-state index in [-0.39, 0.29) is 32.8 Å². The number of aromatic nitrogens is 4. The molecule has 0 aliphatic carbocycles. The van der Waals surface area contributed by atoms with Gasteiger partial charge in [-0.05, 0) is 6.92 Å². The molecule has 4 unspecified atom stereocenters. The fourth-order valence-electron chi connectivity index (χ4n) is 2.38. The number of aliphatic hydroxyl groups excluding tert-OH is 1. The standard InChI is InChI=1S/C14H22N5O7PS/c1-14(23,19-6-16-9-11(19)17-13(15)18-12(9)22)10(21)8(24-2)5-26-27-25-3-4-28-7-20/h6-8,10,21,23,27H,3-5H2,1-2H3,(H3,15,17,18,22). The van der Waals surface area contributed by atoms with Crippen LogP contribution in [-0.4, -0.2) is 73.6 Å². The second-order valence-corrected chi connectivity index (χ2v) is 7.44. The highest BCUT2D eigenvalue weighted by molar-refractivity contribution is 8.11. The van der Waals surface area contributed by atoms with Crippen molar-refractivity contribution in [2.45, 2.75) is 24.9 Å². The van der Waals surface area contributed by atoms with Crippen LogP contribution in [0.4, 0.5) is 5.95 Å². The molecule has 0 aliphatic rings. The third kappa shape index (κ3) is 5.26. The molecule has 4 atom stereocenters. The van der Waals surface area contributed by atoms with E-state index in [9.17, 15) is 19.8 Å². The summed E-state index contributed by atoms with van der Waals surface area (Å²) in [6.07, 6.45) is -1.21. The van der Waals surface area contributed by atoms with Gasteiger partial charge < -0.3 is 29.7 Å². The molecule has 2 heterocycles. The Hall–Kier alpha value is -1.60. The third-order valence-electron chi connectivity index (χ3n) is 3.87. The average Bonchev–Trinajstić information content (AvgIpc) is 3.08. The van der Waals surface area contributed by atoms with Crippen molar-refractivity contribution in [2.24, 2.45) is 0 Å². The number of thioether (sulfide) groups is 1. The maximum absolute atomic E-state index is 11.9. The number of hydrogen-bond acceptors (Lipinski definition) is 11. The van der Waals surface area contributed by atoms with Crippen LogP contribution in [-0.2, 0) is 24.3 Å². The number of nitrogens with zero attached hydrogens (tertiary/aromatic N) is 3. The molecule has 0 aromatic carbocycles. The number of hydrogen-bond donors (Lipinski definition) is 4. The zero-order valence-electron chi connectivity index (χ0n) is 15.2. The summed E-state index contributed by atoms with van der Waals surface area (Å²) in [4.78, 5) is 32.3. The molecule has 0 fully saturated rings. The van der Waals surface area contributed by atoms with Gasteiger partial charge in [-0.15, -0.1) is 0 Å². The Morgan fingerprint density at radius 1 is 1.54 bits per heavy atom. The van der Waals surface area contributed by atoms with E-state index in [4.69, 9.17) is 19.5 Å². The van der Waals surface area contributed by atoms with Gasteiger partial charge in [0.25, 0.3) is 5.56 Å². The van der Waals surface area contributed by atoms with Gasteiger partial charge in [0.15, 0.2) is 31.5 Å². The lowest BCUT2D eigenvalue weighted by Gasteiger charge is -2.34. The fraction of sp³-hybridized carbons (Fsp3) is 0.571. The molecule has 156 valence electrons. The number of rotatable bonds is 12. The molecule has 2 aromatic heterocycles. The molecular weight excluding hydrogens is 413 g/mol. The zero-order chi connectivity index (χ0) is 20.7. The largest absolute Gasteiger partial charge is 0.385 e. The van der Waals surface area contributed by atoms with Crippen molar-refractivity contribution in [3.05, 3.63) is 16.7 Å². The molecule has 28 heavy (non-hydrogen) atoms. The van der Waals surface area contributed by atoms with Crippen molar-refractivity contribution >= 4 is 43.5 Å². The average molecular weight is 435 g/mol. The summed E-state index contributed by atoms with van der Waals surface area (Å²) in [5.74, 6) is 0.357. The SMILES string of the molecule is COC(COPOCCSC=O)C(O)C(C)(O)n1cnc2c(=O)[nH]c(N)nc21. The van der Waals surface area contributed by atoms with Gasteiger partial charge in [0.2, 0.25) is 5.95 Å². The summed E-state index contributed by atoms with van der Waals surface area (Å²) >= 11 is 1.08. The number of anilines is 1. The van der Waals surface area contributed by atoms with E-state index >= 15 is 0 Å². The van der Waals surface area contributed by atoms with E-state index in [1.54, 1.807) is 0 Å². The number of carbonyl (C=O) groups excluding carboxylic acids is 1. The first-order chi connectivity index (χ1) is 13.3. The van der Waals surface area contributed by atoms with E-state index in [1.165, 1.54) is 20.4 Å². The van der Waals surface area contributed by atoms with Crippen LogP contribution in [0.5, 0.6) is 0 Å². The predicted octanol–water partition coefficient (Wildman–Crippen LogP) is -0.792. The smallest absolute Gasteiger partial charge is 0.280 e. The molecular formula is C14H22N5O7PS. The van der Waals surface area contributed by atoms with Crippen LogP contribution in [0.25, 0.3) is 11.2 Å². The molecule has 0 saturated carbocycles. The molecule has 5 N–H and O–H groups in total. The number of ether oxygens (including phenoxy) is 1. The van der Waals surface area contributed by atoms with E-state index in [0.717, 1.165) is 21.9 Å². The molecule has 14 heteroatoms. The number of nitrogens with two attached hydrogens (primary N) is 1. The van der Waals surface area contributed by atoms with Gasteiger partial charge in [0, 0.05) is 12.9 Å². The molecule has 0 amide bonds. The van der Waals surface area contributed by atoms with Crippen molar-refractivity contribution < 1.29 is 28.8 Å². The van der Waals surface area contributed by atoms with Crippen LogP contribution in [0, 0.1) is 0 Å². The van der Waals surface area contributed by atoms with E-state index in [0.29, 0.717) is 12.4 Å². The number of nitrogen functional groups attached to an aromatic ring is 1. The third-order valence-corrected chi connectivity index (χ3v) is 5.01. The maximum atomic E-state index is 11.9. The number of aromatic amines is 1. The molecule has 0 radical (unpaired) electrons. The van der Waals surface area contributed by atoms with Crippen molar-refractivity contribution in [1.29, 1.82) is 0 Å². The molecule has 0 saturated heterocycles. The summed E-state index contributed by atoms with van der Waals surface area (Å²) in [7, 11) is 1.03. The van der Waals surface area contributed by atoms with Gasteiger partial charge >= 0.3 is 0 Å². The summed E-state index contributed by atoms with van der Waals surface area (Å²) in [5, 5.41) is 21.6. The summed E-state index contributed by atoms with van der Waals surface area (Å²) in [5.41, 5.74) is 3.76. The minimum Gasteiger partial charge on any atom is -0.385 e. The first-order valence-corrected chi connectivity index (χ1v) is 9.89. The Bertz CT molecular complexity index is 845. The highest BCUT2D eigenvalue weighted by atomic mass is 32.2. The fourth-order valence-corrected chi connectivity index (χ4v) is 3.30. The lowest BCUT2D eigenvalue weighted by Crippen LogP contribution is -2.50. The normalized spacial score (nSPS) is 16.4. The number of carbonyl (C=O) groups is 1. The first kappa shape index (κ1) is 22.7. The van der Waals surface area contributed by atoms with Gasteiger partial charge in [-0.25, -0.2) is 4.98 Å². The molecule has 12 nitrogen and oxygen atoms in total. The van der Waals surface area contributed by atoms with Crippen molar-refractivity contribution in [2.75, 3.05) is 31.8 Å². The van der Waals surface area contributed by atoms with Gasteiger partial charge in [-0.3, -0.25) is 19.1 Å². The summed E-state index contributed by atoms with van der Waals surface area (Å²) in [6.45, 7) is 1.58. The topological polar surface area (TPSA) is 175 Å². The van der Waals surface area contributed by atoms with E-state index < -0.39 is 23.5 Å².